The van der Waals surface area contributed by atoms with Gasteiger partial charge in [-0.25, -0.2) is 0 Å². The van der Waals surface area contributed by atoms with Crippen molar-refractivity contribution in [1.29, 1.82) is 0 Å². The van der Waals surface area contributed by atoms with E-state index in [1.54, 1.807) is 3.88 Å². The molecule has 130 valence electrons. The Kier molecular flexibility index (Phi) is 5.77. The normalized spacial score (nSPS) is 15.0. The van der Waals surface area contributed by atoms with E-state index in [-0.39, 0.29) is 10.8 Å². The van der Waals surface area contributed by atoms with E-state index in [1.807, 2.05) is 0 Å². The molecule has 0 N–H and O–H groups in total. The first-order valence-corrected chi connectivity index (χ1v) is 11.1. The number of rotatable bonds is 3. The minimum absolute atomic E-state index is 0.148. The molecule has 0 fully saturated rings. The van der Waals surface area contributed by atoms with Crippen molar-refractivity contribution < 1.29 is 21.1 Å². The molecule has 1 aromatic carbocycles. The topological polar surface area (TPSA) is 9.23 Å². The van der Waals surface area contributed by atoms with Gasteiger partial charge in [-0.15, -0.1) is 0 Å². The molecule has 1 aliphatic carbocycles. The predicted octanol–water partition coefficient (Wildman–Crippen LogP) is 6.37. The van der Waals surface area contributed by atoms with E-state index in [9.17, 15) is 0 Å². The molecule has 0 saturated carbocycles. The Morgan fingerprint density at radius 1 is 1.00 bits per heavy atom. The van der Waals surface area contributed by atoms with Crippen LogP contribution in [0.4, 0.5) is 0 Å². The Labute approximate surface area is 154 Å². The van der Waals surface area contributed by atoms with Crippen LogP contribution in [-0.4, -0.2) is 3.81 Å². The zero-order valence-electron chi connectivity index (χ0n) is 16.6. The zero-order chi connectivity index (χ0) is 18.1. The molecule has 1 aliphatic rings. The van der Waals surface area contributed by atoms with Gasteiger partial charge >= 0.3 is 155 Å². The van der Waals surface area contributed by atoms with Crippen molar-refractivity contribution >= 4 is 3.81 Å². The third-order valence-corrected chi connectivity index (χ3v) is 8.09. The van der Waals surface area contributed by atoms with E-state index in [2.05, 4.69) is 91.8 Å². The molecule has 2 rings (SSSR count). The summed E-state index contributed by atoms with van der Waals surface area (Å²) in [5.74, 6) is 1.03. The summed E-state index contributed by atoms with van der Waals surface area (Å²) in [5.41, 5.74) is 3.16. The Bertz CT molecular complexity index is 702. The zero-order valence-corrected chi connectivity index (χ0v) is 18.1. The van der Waals surface area contributed by atoms with Crippen molar-refractivity contribution in [2.24, 2.45) is 5.41 Å². The van der Waals surface area contributed by atoms with Crippen molar-refractivity contribution in [3.8, 4) is 5.75 Å². The number of allylic oxidation sites excluding steroid dienone is 4. The van der Waals surface area contributed by atoms with Gasteiger partial charge in [-0.2, -0.15) is 0 Å². The molecule has 24 heavy (non-hydrogen) atoms. The summed E-state index contributed by atoms with van der Waals surface area (Å²) < 4.78 is 9.69. The van der Waals surface area contributed by atoms with Crippen molar-refractivity contribution in [2.45, 2.75) is 67.2 Å². The second-order valence-electron chi connectivity index (χ2n) is 8.96. The SMILES string of the molecule is C[C](C)=[Ti]([O]c1cccc(C(C)(C)C)c1)[C]1=C(C(C)(C)C)C=CC1. The molecule has 0 atom stereocenters. The summed E-state index contributed by atoms with van der Waals surface area (Å²) in [5, 5.41) is 0. The van der Waals surface area contributed by atoms with Crippen LogP contribution in [0.25, 0.3) is 0 Å². The fraction of sp³-hybridized carbons (Fsp3) is 0.500. The summed E-state index contributed by atoms with van der Waals surface area (Å²) >= 11 is -1.91. The number of benzene rings is 1. The molecule has 0 spiro atoms. The summed E-state index contributed by atoms with van der Waals surface area (Å²) in [6.45, 7) is 18.2. The van der Waals surface area contributed by atoms with E-state index < -0.39 is 17.8 Å². The first-order chi connectivity index (χ1) is 11.0. The molecule has 0 saturated heterocycles. The molecule has 2 heteroatoms. The van der Waals surface area contributed by atoms with Crippen molar-refractivity contribution in [3.63, 3.8) is 0 Å². The second-order valence-corrected chi connectivity index (χ2v) is 12.8. The Morgan fingerprint density at radius 2 is 1.67 bits per heavy atom. The van der Waals surface area contributed by atoms with Crippen molar-refractivity contribution in [3.05, 3.63) is 51.4 Å². The Balaban J connectivity index is 2.41. The second kappa shape index (κ2) is 7.14. The first-order valence-electron chi connectivity index (χ1n) is 8.86. The van der Waals surface area contributed by atoms with Crippen LogP contribution in [0.1, 0.15) is 67.4 Å². The molecule has 0 aliphatic heterocycles. The van der Waals surface area contributed by atoms with E-state index in [1.165, 1.54) is 14.9 Å². The molecule has 0 bridgehead atoms. The molecular formula is C22H32OTi. The molecular weight excluding hydrogens is 328 g/mol. The van der Waals surface area contributed by atoms with Gasteiger partial charge in [0.05, 0.1) is 0 Å². The summed E-state index contributed by atoms with van der Waals surface area (Å²) in [7, 11) is 0. The molecule has 1 aromatic rings. The molecule has 1 nitrogen and oxygen atoms in total. The molecule has 0 unspecified atom stereocenters. The standard InChI is InChI=1S/C10H14O.C9H13.C3H6.Ti/c1-10(2,3)8-5-4-6-9(11)7-8;1-9(2,3)8-6-4-5-7-8;1-3-2;/h4-7,11H,1-3H3;4,6H,5H2,1-3H3;1-2H3;/q;;;+1/p-1. The molecule has 0 aromatic heterocycles. The maximum atomic E-state index is 6.65. The van der Waals surface area contributed by atoms with Crippen LogP contribution in [0, 0.1) is 5.41 Å². The molecule has 0 amide bonds. The molecule has 0 radical (unpaired) electrons. The summed E-state index contributed by atoms with van der Waals surface area (Å²) in [6, 6.07) is 8.68. The fourth-order valence-corrected chi connectivity index (χ4v) is 6.62. The third-order valence-electron chi connectivity index (χ3n) is 4.39. The number of hydrogen-bond acceptors (Lipinski definition) is 1. The minimum atomic E-state index is -1.91. The van der Waals surface area contributed by atoms with Gasteiger partial charge in [0.1, 0.15) is 0 Å². The van der Waals surface area contributed by atoms with Gasteiger partial charge in [0.15, 0.2) is 0 Å². The number of hydrogen-bond donors (Lipinski definition) is 0. The maximum absolute atomic E-state index is 6.65. The quantitative estimate of drug-likeness (QED) is 0.569. The third kappa shape index (κ3) is 4.58. The summed E-state index contributed by atoms with van der Waals surface area (Å²) in [4.78, 5) is 0. The average Bonchev–Trinajstić information content (AvgIpc) is 2.93. The van der Waals surface area contributed by atoms with Crippen LogP contribution < -0.4 is 3.32 Å². The molecule has 0 heterocycles. The van der Waals surface area contributed by atoms with Crippen molar-refractivity contribution in [1.82, 2.24) is 0 Å². The van der Waals surface area contributed by atoms with Gasteiger partial charge in [-0.1, -0.05) is 0 Å². The predicted molar refractivity (Wildman–Crippen MR) is 102 cm³/mol. The van der Waals surface area contributed by atoms with Crippen LogP contribution >= 0.6 is 0 Å². The fourth-order valence-electron chi connectivity index (χ4n) is 3.03. The van der Waals surface area contributed by atoms with E-state index in [4.69, 9.17) is 3.32 Å². The van der Waals surface area contributed by atoms with Gasteiger partial charge in [0, 0.05) is 0 Å². The van der Waals surface area contributed by atoms with Crippen LogP contribution in [0.15, 0.2) is 45.9 Å². The van der Waals surface area contributed by atoms with Gasteiger partial charge < -0.3 is 0 Å². The van der Waals surface area contributed by atoms with Crippen molar-refractivity contribution in [2.75, 3.05) is 0 Å². The Morgan fingerprint density at radius 3 is 2.21 bits per heavy atom. The van der Waals surface area contributed by atoms with Crippen LogP contribution in [-0.2, 0) is 23.2 Å². The summed E-state index contributed by atoms with van der Waals surface area (Å²) in [6.07, 6.45) is 5.69. The van der Waals surface area contributed by atoms with Crippen LogP contribution in [0.5, 0.6) is 5.75 Å². The monoisotopic (exact) mass is 360 g/mol. The Hall–Kier alpha value is -0.916. The van der Waals surface area contributed by atoms with Gasteiger partial charge in [-0.05, 0) is 0 Å². The van der Waals surface area contributed by atoms with Crippen LogP contribution in [0.3, 0.4) is 0 Å². The van der Waals surface area contributed by atoms with Gasteiger partial charge in [-0.3, -0.25) is 0 Å². The van der Waals surface area contributed by atoms with E-state index in [0.29, 0.717) is 0 Å². The van der Waals surface area contributed by atoms with E-state index in [0.717, 1.165) is 12.2 Å². The first kappa shape index (κ1) is 19.4. The van der Waals surface area contributed by atoms with Crippen LogP contribution in [0.2, 0.25) is 0 Å². The van der Waals surface area contributed by atoms with Gasteiger partial charge in [0.2, 0.25) is 0 Å². The van der Waals surface area contributed by atoms with E-state index >= 15 is 0 Å². The van der Waals surface area contributed by atoms with Gasteiger partial charge in [0.25, 0.3) is 0 Å². The average molecular weight is 360 g/mol.